The lowest BCUT2D eigenvalue weighted by Crippen LogP contribution is -2.27. The van der Waals surface area contributed by atoms with Gasteiger partial charge < -0.3 is 9.88 Å². The molecule has 6 heteroatoms. The summed E-state index contributed by atoms with van der Waals surface area (Å²) in [5.74, 6) is 0.869. The van der Waals surface area contributed by atoms with Crippen LogP contribution in [0.4, 0.5) is 0 Å². The Morgan fingerprint density at radius 1 is 1.07 bits per heavy atom. The Bertz CT molecular complexity index is 1060. The molecule has 1 N–H and O–H groups in total. The number of aryl methyl sites for hydroxylation is 2. The number of carbonyl (C=O) groups is 1. The van der Waals surface area contributed by atoms with Crippen molar-refractivity contribution in [1.29, 1.82) is 0 Å². The zero-order chi connectivity index (χ0) is 18.6. The first-order valence-electron chi connectivity index (χ1n) is 9.02. The van der Waals surface area contributed by atoms with E-state index in [0.29, 0.717) is 12.2 Å². The summed E-state index contributed by atoms with van der Waals surface area (Å²) >= 11 is 0. The Labute approximate surface area is 157 Å². The zero-order valence-corrected chi connectivity index (χ0v) is 15.2. The molecule has 136 valence electrons. The molecule has 0 aliphatic carbocycles. The van der Waals surface area contributed by atoms with Crippen LogP contribution in [0.1, 0.15) is 22.7 Å². The van der Waals surface area contributed by atoms with E-state index in [1.54, 1.807) is 17.1 Å². The summed E-state index contributed by atoms with van der Waals surface area (Å²) in [7, 11) is 0. The fourth-order valence-corrected chi connectivity index (χ4v) is 3.27. The van der Waals surface area contributed by atoms with Crippen LogP contribution in [0.5, 0.6) is 0 Å². The third kappa shape index (κ3) is 3.46. The second-order valence-corrected chi connectivity index (χ2v) is 6.39. The van der Waals surface area contributed by atoms with Crippen LogP contribution in [0, 0.1) is 6.92 Å². The Morgan fingerprint density at radius 3 is 2.70 bits per heavy atom. The van der Waals surface area contributed by atoms with E-state index in [4.69, 9.17) is 0 Å². The van der Waals surface area contributed by atoms with E-state index in [1.165, 1.54) is 0 Å². The topological polar surface area (TPSA) is 64.7 Å². The molecule has 2 aromatic carbocycles. The van der Waals surface area contributed by atoms with E-state index in [9.17, 15) is 4.79 Å². The molecule has 2 heterocycles. The molecule has 0 aliphatic rings. The first-order chi connectivity index (χ1) is 13.2. The summed E-state index contributed by atoms with van der Waals surface area (Å²) in [6, 6.07) is 17.8. The number of imidazole rings is 2. The van der Waals surface area contributed by atoms with Gasteiger partial charge >= 0.3 is 0 Å². The van der Waals surface area contributed by atoms with Crippen molar-refractivity contribution < 1.29 is 4.79 Å². The number of hydrogen-bond donors (Lipinski definition) is 1. The molecule has 27 heavy (non-hydrogen) atoms. The van der Waals surface area contributed by atoms with Gasteiger partial charge in [0.2, 0.25) is 0 Å². The quantitative estimate of drug-likeness (QED) is 0.537. The number of fused-ring (bicyclic) bond motifs is 1. The van der Waals surface area contributed by atoms with Crippen LogP contribution in [0.3, 0.4) is 0 Å². The summed E-state index contributed by atoms with van der Waals surface area (Å²) in [5.41, 5.74) is 3.58. The maximum Gasteiger partial charge on any atom is 0.269 e. The minimum absolute atomic E-state index is 0.122. The van der Waals surface area contributed by atoms with E-state index >= 15 is 0 Å². The minimum Gasteiger partial charge on any atom is -0.351 e. The van der Waals surface area contributed by atoms with Gasteiger partial charge in [-0.15, -0.1) is 0 Å². The van der Waals surface area contributed by atoms with Crippen molar-refractivity contribution in [2.45, 2.75) is 19.9 Å². The monoisotopic (exact) mass is 359 g/mol. The maximum absolute atomic E-state index is 12.5. The van der Waals surface area contributed by atoms with E-state index in [2.05, 4.69) is 25.9 Å². The van der Waals surface area contributed by atoms with Gasteiger partial charge in [-0.1, -0.05) is 30.3 Å². The first-order valence-corrected chi connectivity index (χ1v) is 9.02. The van der Waals surface area contributed by atoms with Crippen molar-refractivity contribution in [3.8, 4) is 5.69 Å². The van der Waals surface area contributed by atoms with Crippen LogP contribution in [-0.2, 0) is 6.54 Å². The molecule has 0 saturated carbocycles. The normalized spacial score (nSPS) is 11.0. The maximum atomic E-state index is 12.5. The lowest BCUT2D eigenvalue weighted by atomic mass is 10.3. The van der Waals surface area contributed by atoms with Gasteiger partial charge in [0, 0.05) is 18.8 Å². The van der Waals surface area contributed by atoms with Gasteiger partial charge in [-0.25, -0.2) is 9.97 Å². The molecular formula is C21H21N5O. The van der Waals surface area contributed by atoms with Crippen LogP contribution in [0.25, 0.3) is 16.7 Å². The molecule has 0 radical (unpaired) electrons. The van der Waals surface area contributed by atoms with Gasteiger partial charge in [-0.3, -0.25) is 9.36 Å². The molecule has 0 fully saturated rings. The molecular weight excluding hydrogens is 338 g/mol. The molecule has 2 aromatic heterocycles. The number of aromatic nitrogens is 4. The fraction of sp³-hybridized carbons (Fsp3) is 0.190. The van der Waals surface area contributed by atoms with Crippen LogP contribution in [0.2, 0.25) is 0 Å². The highest BCUT2D eigenvalue weighted by Gasteiger charge is 2.12. The second-order valence-electron chi connectivity index (χ2n) is 6.39. The number of rotatable bonds is 6. The predicted octanol–water partition coefficient (Wildman–Crippen LogP) is 3.35. The molecule has 4 rings (SSSR count). The average Bonchev–Trinajstić information content (AvgIpc) is 3.30. The average molecular weight is 359 g/mol. The van der Waals surface area contributed by atoms with Crippen molar-refractivity contribution in [1.82, 2.24) is 24.4 Å². The molecule has 0 atom stereocenters. The standard InChI is InChI=1S/C21H21N5O/c1-16-24-18-10-5-6-11-19(18)25(16)13-7-12-23-21(27)20-14-22-15-26(20)17-8-3-2-4-9-17/h2-6,8-11,14-15H,7,12-13H2,1H3,(H,23,27). The number of nitrogens with one attached hydrogen (secondary N) is 1. The van der Waals surface area contributed by atoms with E-state index in [1.807, 2.05) is 55.5 Å². The molecule has 0 aliphatic heterocycles. The fourth-order valence-electron chi connectivity index (χ4n) is 3.27. The van der Waals surface area contributed by atoms with Gasteiger partial charge in [0.25, 0.3) is 5.91 Å². The van der Waals surface area contributed by atoms with Gasteiger partial charge in [-0.05, 0) is 37.6 Å². The summed E-state index contributed by atoms with van der Waals surface area (Å²) in [5, 5.41) is 2.99. The molecule has 0 spiro atoms. The van der Waals surface area contributed by atoms with Gasteiger partial charge in [0.15, 0.2) is 0 Å². The van der Waals surface area contributed by atoms with Crippen LogP contribution < -0.4 is 5.32 Å². The predicted molar refractivity (Wildman–Crippen MR) is 105 cm³/mol. The van der Waals surface area contributed by atoms with Crippen molar-refractivity contribution in [3.63, 3.8) is 0 Å². The Kier molecular flexibility index (Phi) is 4.70. The highest BCUT2D eigenvalue weighted by atomic mass is 16.1. The van der Waals surface area contributed by atoms with Gasteiger partial charge in [-0.2, -0.15) is 0 Å². The van der Waals surface area contributed by atoms with Gasteiger partial charge in [0.05, 0.1) is 23.6 Å². The number of para-hydroxylation sites is 3. The summed E-state index contributed by atoms with van der Waals surface area (Å²) in [6.07, 6.45) is 4.08. The Hall–Kier alpha value is -3.41. The Morgan fingerprint density at radius 2 is 1.85 bits per heavy atom. The SMILES string of the molecule is Cc1nc2ccccc2n1CCCNC(=O)c1cncn1-c1ccccc1. The van der Waals surface area contributed by atoms with Crippen LogP contribution >= 0.6 is 0 Å². The van der Waals surface area contributed by atoms with Crippen LogP contribution in [0.15, 0.2) is 67.1 Å². The lowest BCUT2D eigenvalue weighted by Gasteiger charge is -2.10. The van der Waals surface area contributed by atoms with Crippen molar-refractivity contribution in [3.05, 3.63) is 78.6 Å². The minimum atomic E-state index is -0.122. The molecule has 0 bridgehead atoms. The van der Waals surface area contributed by atoms with E-state index < -0.39 is 0 Å². The number of nitrogens with zero attached hydrogens (tertiary/aromatic N) is 4. The summed E-state index contributed by atoms with van der Waals surface area (Å²) in [4.78, 5) is 21.3. The molecule has 1 amide bonds. The summed E-state index contributed by atoms with van der Waals surface area (Å²) in [6.45, 7) is 3.41. The first kappa shape index (κ1) is 17.0. The highest BCUT2D eigenvalue weighted by molar-refractivity contribution is 5.93. The van der Waals surface area contributed by atoms with Crippen molar-refractivity contribution in [2.24, 2.45) is 0 Å². The van der Waals surface area contributed by atoms with Crippen molar-refractivity contribution >= 4 is 16.9 Å². The van der Waals surface area contributed by atoms with Gasteiger partial charge in [0.1, 0.15) is 11.5 Å². The molecule has 0 saturated heterocycles. The van der Waals surface area contributed by atoms with E-state index in [0.717, 1.165) is 35.5 Å². The number of carbonyl (C=O) groups excluding carboxylic acids is 1. The highest BCUT2D eigenvalue weighted by Crippen LogP contribution is 2.15. The number of amides is 1. The molecule has 0 unspecified atom stereocenters. The third-order valence-corrected chi connectivity index (χ3v) is 4.59. The zero-order valence-electron chi connectivity index (χ0n) is 15.2. The molecule has 4 aromatic rings. The second kappa shape index (κ2) is 7.45. The smallest absolute Gasteiger partial charge is 0.269 e. The van der Waals surface area contributed by atoms with Crippen molar-refractivity contribution in [2.75, 3.05) is 6.54 Å². The number of hydrogen-bond acceptors (Lipinski definition) is 3. The number of benzene rings is 2. The summed E-state index contributed by atoms with van der Waals surface area (Å²) < 4.78 is 3.98. The largest absolute Gasteiger partial charge is 0.351 e. The Balaban J connectivity index is 1.38. The lowest BCUT2D eigenvalue weighted by molar-refractivity contribution is 0.0946. The van der Waals surface area contributed by atoms with E-state index in [-0.39, 0.29) is 5.91 Å². The molecule has 6 nitrogen and oxygen atoms in total. The van der Waals surface area contributed by atoms with Crippen LogP contribution in [-0.4, -0.2) is 31.6 Å². The third-order valence-electron chi connectivity index (χ3n) is 4.59.